The smallest absolute Gasteiger partial charge is 0.188 e. The highest BCUT2D eigenvalue weighted by molar-refractivity contribution is 7.90. The van der Waals surface area contributed by atoms with Crippen molar-refractivity contribution in [2.45, 2.75) is 10.6 Å². The molecule has 2 rings (SSSR count). The topological polar surface area (TPSA) is 60.2 Å². The van der Waals surface area contributed by atoms with E-state index < -0.39 is 49.3 Å². The molecule has 0 saturated carbocycles. The lowest BCUT2D eigenvalue weighted by molar-refractivity contribution is 0.518. The fourth-order valence-corrected chi connectivity index (χ4v) is 3.29. The normalized spacial score (nSPS) is 11.6. The summed E-state index contributed by atoms with van der Waals surface area (Å²) in [5.41, 5.74) is 4.37. The monoisotopic (exact) mass is 319 g/mol. The highest BCUT2D eigenvalue weighted by Crippen LogP contribution is 2.26. The lowest BCUT2D eigenvalue weighted by Gasteiger charge is -2.09. The number of hydrogen-bond acceptors (Lipinski definition) is 3. The Bertz CT molecular complexity index is 783. The van der Waals surface area contributed by atoms with Crippen LogP contribution in [-0.4, -0.2) is 8.42 Å². The first kappa shape index (κ1) is 15.3. The maximum Gasteiger partial charge on any atom is 0.188 e. The highest BCUT2D eigenvalue weighted by Gasteiger charge is 2.26. The van der Waals surface area contributed by atoms with Gasteiger partial charge >= 0.3 is 0 Å². The number of rotatable bonds is 3. The average molecular weight is 319 g/mol. The SMILES string of the molecule is Nc1cc(F)c(S(=O)(=O)Cc2cc(F)ccc2F)c(F)c1. The van der Waals surface area contributed by atoms with Gasteiger partial charge in [-0.2, -0.15) is 0 Å². The Labute approximate surface area is 117 Å². The van der Waals surface area contributed by atoms with Crippen molar-refractivity contribution >= 4 is 15.5 Å². The molecule has 0 fully saturated rings. The molecular weight excluding hydrogens is 310 g/mol. The third-order valence-electron chi connectivity index (χ3n) is 2.68. The van der Waals surface area contributed by atoms with Crippen molar-refractivity contribution in [3.05, 3.63) is 59.2 Å². The molecule has 8 heteroatoms. The lowest BCUT2D eigenvalue weighted by atomic mass is 10.2. The predicted molar refractivity (Wildman–Crippen MR) is 68.0 cm³/mol. The molecule has 0 spiro atoms. The van der Waals surface area contributed by atoms with E-state index in [-0.39, 0.29) is 5.69 Å². The van der Waals surface area contributed by atoms with Crippen molar-refractivity contribution in [1.29, 1.82) is 0 Å². The van der Waals surface area contributed by atoms with Gasteiger partial charge in [-0.15, -0.1) is 0 Å². The minimum Gasteiger partial charge on any atom is -0.399 e. The van der Waals surface area contributed by atoms with E-state index in [2.05, 4.69) is 0 Å². The Morgan fingerprint density at radius 1 is 0.905 bits per heavy atom. The Kier molecular flexibility index (Phi) is 3.91. The zero-order valence-corrected chi connectivity index (χ0v) is 11.2. The van der Waals surface area contributed by atoms with Gasteiger partial charge < -0.3 is 5.73 Å². The maximum atomic E-state index is 13.6. The van der Waals surface area contributed by atoms with Gasteiger partial charge in [0.05, 0.1) is 5.75 Å². The fraction of sp³-hybridized carbons (Fsp3) is 0.0769. The van der Waals surface area contributed by atoms with Crippen LogP contribution in [0.2, 0.25) is 0 Å². The third kappa shape index (κ3) is 3.15. The largest absolute Gasteiger partial charge is 0.399 e. The van der Waals surface area contributed by atoms with E-state index in [1.807, 2.05) is 0 Å². The van der Waals surface area contributed by atoms with Crippen LogP contribution in [0.1, 0.15) is 5.56 Å². The number of sulfone groups is 1. The van der Waals surface area contributed by atoms with Crippen molar-refractivity contribution in [1.82, 2.24) is 0 Å². The van der Waals surface area contributed by atoms with Gasteiger partial charge in [-0.05, 0) is 30.3 Å². The molecule has 0 aliphatic carbocycles. The van der Waals surface area contributed by atoms with E-state index in [1.165, 1.54) is 0 Å². The Balaban J connectivity index is 2.51. The summed E-state index contributed by atoms with van der Waals surface area (Å²) in [5.74, 6) is -5.70. The van der Waals surface area contributed by atoms with E-state index in [0.717, 1.165) is 12.1 Å². The summed E-state index contributed by atoms with van der Waals surface area (Å²) in [5, 5.41) is 0. The molecule has 0 unspecified atom stereocenters. The van der Waals surface area contributed by atoms with Crippen molar-refractivity contribution in [2.75, 3.05) is 5.73 Å². The summed E-state index contributed by atoms with van der Waals surface area (Å²) >= 11 is 0. The molecule has 0 radical (unpaired) electrons. The van der Waals surface area contributed by atoms with E-state index in [4.69, 9.17) is 5.73 Å². The maximum absolute atomic E-state index is 13.6. The van der Waals surface area contributed by atoms with Crippen molar-refractivity contribution in [2.24, 2.45) is 0 Å². The zero-order valence-electron chi connectivity index (χ0n) is 10.4. The summed E-state index contributed by atoms with van der Waals surface area (Å²) in [4.78, 5) is -1.22. The van der Waals surface area contributed by atoms with Crippen LogP contribution < -0.4 is 5.73 Å². The number of hydrogen-bond donors (Lipinski definition) is 1. The summed E-state index contributed by atoms with van der Waals surface area (Å²) in [6.07, 6.45) is 0. The summed E-state index contributed by atoms with van der Waals surface area (Å²) < 4.78 is 77.7. The van der Waals surface area contributed by atoms with Gasteiger partial charge in [-0.25, -0.2) is 26.0 Å². The molecule has 0 atom stereocenters. The average Bonchev–Trinajstić information content (AvgIpc) is 2.31. The van der Waals surface area contributed by atoms with Crippen LogP contribution in [-0.2, 0) is 15.6 Å². The highest BCUT2D eigenvalue weighted by atomic mass is 32.2. The Morgan fingerprint density at radius 3 is 2.05 bits per heavy atom. The molecule has 0 heterocycles. The third-order valence-corrected chi connectivity index (χ3v) is 4.39. The van der Waals surface area contributed by atoms with Crippen LogP contribution in [0.5, 0.6) is 0 Å². The lowest BCUT2D eigenvalue weighted by Crippen LogP contribution is -2.11. The molecule has 3 nitrogen and oxygen atoms in total. The molecule has 2 aromatic carbocycles. The molecule has 0 aliphatic heterocycles. The van der Waals surface area contributed by atoms with Gasteiger partial charge in [0.25, 0.3) is 0 Å². The number of benzene rings is 2. The summed E-state index contributed by atoms with van der Waals surface area (Å²) in [6.45, 7) is 0. The van der Waals surface area contributed by atoms with Gasteiger partial charge in [-0.3, -0.25) is 0 Å². The number of halogens is 4. The Morgan fingerprint density at radius 2 is 1.48 bits per heavy atom. The fourth-order valence-electron chi connectivity index (χ4n) is 1.81. The second-order valence-corrected chi connectivity index (χ2v) is 6.23. The van der Waals surface area contributed by atoms with Crippen molar-refractivity contribution < 1.29 is 26.0 Å². The van der Waals surface area contributed by atoms with E-state index in [0.29, 0.717) is 18.2 Å². The van der Waals surface area contributed by atoms with Crippen LogP contribution in [0.4, 0.5) is 23.2 Å². The predicted octanol–water partition coefficient (Wildman–Crippen LogP) is 2.80. The molecule has 21 heavy (non-hydrogen) atoms. The van der Waals surface area contributed by atoms with Crippen LogP contribution in [0.15, 0.2) is 35.2 Å². The number of anilines is 1. The summed E-state index contributed by atoms with van der Waals surface area (Å²) in [7, 11) is -4.54. The van der Waals surface area contributed by atoms with Gasteiger partial charge in [0.1, 0.15) is 28.2 Å². The van der Waals surface area contributed by atoms with Crippen LogP contribution >= 0.6 is 0 Å². The molecule has 2 aromatic rings. The quantitative estimate of drug-likeness (QED) is 0.699. The molecular formula is C13H9F4NO2S. The molecule has 0 aromatic heterocycles. The van der Waals surface area contributed by atoms with E-state index >= 15 is 0 Å². The van der Waals surface area contributed by atoms with E-state index in [1.54, 1.807) is 0 Å². The Hall–Kier alpha value is -2.09. The zero-order chi connectivity index (χ0) is 15.8. The molecule has 0 aliphatic rings. The van der Waals surface area contributed by atoms with E-state index in [9.17, 15) is 26.0 Å². The standard InChI is InChI=1S/C13H9F4NO2S/c14-8-1-2-10(15)7(3-8)6-21(19,20)13-11(16)4-9(18)5-12(13)17/h1-5H,6,18H2. The molecule has 0 saturated heterocycles. The van der Waals surface area contributed by atoms with Crippen LogP contribution in [0.25, 0.3) is 0 Å². The van der Waals surface area contributed by atoms with Gasteiger partial charge in [-0.1, -0.05) is 0 Å². The van der Waals surface area contributed by atoms with Crippen molar-refractivity contribution in [3.8, 4) is 0 Å². The van der Waals surface area contributed by atoms with Crippen LogP contribution in [0.3, 0.4) is 0 Å². The molecule has 0 bridgehead atoms. The number of nitrogen functional groups attached to an aromatic ring is 1. The van der Waals surface area contributed by atoms with Crippen LogP contribution in [0, 0.1) is 23.3 Å². The molecule has 112 valence electrons. The first-order chi connectivity index (χ1) is 9.70. The minimum atomic E-state index is -4.54. The molecule has 2 N–H and O–H groups in total. The first-order valence-electron chi connectivity index (χ1n) is 5.62. The summed E-state index contributed by atoms with van der Waals surface area (Å²) in [6, 6.07) is 3.46. The second-order valence-electron chi connectivity index (χ2n) is 4.31. The minimum absolute atomic E-state index is 0.291. The van der Waals surface area contributed by atoms with Gasteiger partial charge in [0.2, 0.25) is 0 Å². The first-order valence-corrected chi connectivity index (χ1v) is 7.27. The molecule has 0 amide bonds. The van der Waals surface area contributed by atoms with Gasteiger partial charge in [0, 0.05) is 11.3 Å². The van der Waals surface area contributed by atoms with Gasteiger partial charge in [0.15, 0.2) is 9.84 Å². The second kappa shape index (κ2) is 5.36. The number of nitrogens with two attached hydrogens (primary N) is 1. The van der Waals surface area contributed by atoms with Crippen molar-refractivity contribution in [3.63, 3.8) is 0 Å².